The van der Waals surface area contributed by atoms with Gasteiger partial charge in [0.1, 0.15) is 0 Å². The fraction of sp³-hybridized carbons (Fsp3) is 0.625. The number of ether oxygens (including phenoxy) is 1. The van der Waals surface area contributed by atoms with Crippen molar-refractivity contribution in [2.75, 3.05) is 32.2 Å². The number of nitrogens with one attached hydrogen (secondary N) is 1. The summed E-state index contributed by atoms with van der Waals surface area (Å²) in [6.45, 7) is 8.32. The van der Waals surface area contributed by atoms with Crippen LogP contribution in [-0.2, 0) is 4.74 Å². The number of halogens is 1. The molecule has 20 heavy (non-hydrogen) atoms. The second-order valence-electron chi connectivity index (χ2n) is 5.30. The Morgan fingerprint density at radius 1 is 1.35 bits per heavy atom. The molecular weight excluding hydrogens is 316 g/mol. The van der Waals surface area contributed by atoms with Gasteiger partial charge < -0.3 is 15.0 Å². The van der Waals surface area contributed by atoms with E-state index in [2.05, 4.69) is 72.2 Å². The van der Waals surface area contributed by atoms with Crippen LogP contribution in [0.15, 0.2) is 22.7 Å². The predicted molar refractivity (Wildman–Crippen MR) is 90.6 cm³/mol. The highest BCUT2D eigenvalue weighted by Gasteiger charge is 2.14. The van der Waals surface area contributed by atoms with E-state index in [1.54, 1.807) is 7.11 Å². The lowest BCUT2D eigenvalue weighted by Gasteiger charge is -2.28. The summed E-state index contributed by atoms with van der Waals surface area (Å²) in [5.41, 5.74) is 2.50. The molecule has 1 rings (SSSR count). The summed E-state index contributed by atoms with van der Waals surface area (Å²) in [6.07, 6.45) is 1.15. The molecular formula is C16H27BrN2O. The summed E-state index contributed by atoms with van der Waals surface area (Å²) in [7, 11) is 3.84. The molecule has 114 valence electrons. The van der Waals surface area contributed by atoms with E-state index in [-0.39, 0.29) is 0 Å². The third kappa shape index (κ3) is 4.76. The van der Waals surface area contributed by atoms with Gasteiger partial charge in [0.25, 0.3) is 0 Å². The van der Waals surface area contributed by atoms with E-state index in [0.29, 0.717) is 12.1 Å². The van der Waals surface area contributed by atoms with Crippen molar-refractivity contribution in [3.8, 4) is 0 Å². The van der Waals surface area contributed by atoms with Crippen LogP contribution < -0.4 is 10.2 Å². The third-order valence-corrected chi connectivity index (χ3v) is 4.26. The minimum Gasteiger partial charge on any atom is -0.383 e. The van der Waals surface area contributed by atoms with Crippen LogP contribution in [0.3, 0.4) is 0 Å². The zero-order chi connectivity index (χ0) is 15.1. The average Bonchev–Trinajstić information content (AvgIpc) is 2.44. The number of rotatable bonds is 8. The Morgan fingerprint density at radius 2 is 2.05 bits per heavy atom. The maximum absolute atomic E-state index is 5.23. The molecule has 1 aromatic carbocycles. The van der Waals surface area contributed by atoms with E-state index in [4.69, 9.17) is 4.74 Å². The number of benzene rings is 1. The molecule has 0 aliphatic carbocycles. The van der Waals surface area contributed by atoms with E-state index in [0.717, 1.165) is 24.0 Å². The van der Waals surface area contributed by atoms with E-state index in [1.807, 2.05) is 0 Å². The van der Waals surface area contributed by atoms with Crippen LogP contribution in [0.5, 0.6) is 0 Å². The van der Waals surface area contributed by atoms with Crippen molar-refractivity contribution in [1.82, 2.24) is 5.32 Å². The SMILES string of the molecule is CCCNC(C)c1ccc(N(C)C(C)COC)c(Br)c1. The first-order valence-corrected chi connectivity index (χ1v) is 8.05. The highest BCUT2D eigenvalue weighted by atomic mass is 79.9. The first kappa shape index (κ1) is 17.5. The van der Waals surface area contributed by atoms with Gasteiger partial charge in [-0.2, -0.15) is 0 Å². The molecule has 0 saturated heterocycles. The second-order valence-corrected chi connectivity index (χ2v) is 6.16. The molecule has 2 atom stereocenters. The summed E-state index contributed by atoms with van der Waals surface area (Å²) in [5.74, 6) is 0. The molecule has 0 heterocycles. The molecule has 0 saturated carbocycles. The van der Waals surface area contributed by atoms with Crippen LogP contribution in [0.4, 0.5) is 5.69 Å². The van der Waals surface area contributed by atoms with Gasteiger partial charge in [0.2, 0.25) is 0 Å². The lowest BCUT2D eigenvalue weighted by Crippen LogP contribution is -2.32. The highest BCUT2D eigenvalue weighted by Crippen LogP contribution is 2.29. The van der Waals surface area contributed by atoms with Gasteiger partial charge in [0, 0.05) is 30.7 Å². The Bertz CT molecular complexity index is 411. The Labute approximate surface area is 131 Å². The van der Waals surface area contributed by atoms with Crippen LogP contribution in [0.1, 0.15) is 38.8 Å². The Kier molecular flexibility index (Phi) is 7.56. The molecule has 0 spiro atoms. The van der Waals surface area contributed by atoms with Crippen molar-refractivity contribution < 1.29 is 4.74 Å². The second kappa shape index (κ2) is 8.65. The van der Waals surface area contributed by atoms with Crippen LogP contribution in [-0.4, -0.2) is 33.4 Å². The zero-order valence-corrected chi connectivity index (χ0v) is 14.8. The maximum Gasteiger partial charge on any atom is 0.0663 e. The van der Waals surface area contributed by atoms with Gasteiger partial charge >= 0.3 is 0 Å². The maximum atomic E-state index is 5.23. The summed E-state index contributed by atoms with van der Waals surface area (Å²) in [6, 6.07) is 7.30. The van der Waals surface area contributed by atoms with Gasteiger partial charge in [-0.15, -0.1) is 0 Å². The van der Waals surface area contributed by atoms with Gasteiger partial charge in [0.15, 0.2) is 0 Å². The third-order valence-electron chi connectivity index (χ3n) is 3.62. The molecule has 0 radical (unpaired) electrons. The van der Waals surface area contributed by atoms with Crippen molar-refractivity contribution in [1.29, 1.82) is 0 Å². The summed E-state index contributed by atoms with van der Waals surface area (Å²) in [5, 5.41) is 3.51. The standard InChI is InChI=1S/C16H27BrN2O/c1-6-9-18-13(3)14-7-8-16(15(17)10-14)19(4)12(2)11-20-5/h7-8,10,12-13,18H,6,9,11H2,1-5H3. The quantitative estimate of drug-likeness (QED) is 0.773. The lowest BCUT2D eigenvalue weighted by atomic mass is 10.1. The lowest BCUT2D eigenvalue weighted by molar-refractivity contribution is 0.183. The van der Waals surface area contributed by atoms with Crippen LogP contribution in [0.25, 0.3) is 0 Å². The summed E-state index contributed by atoms with van der Waals surface area (Å²) < 4.78 is 6.36. The Hall–Kier alpha value is -0.580. The summed E-state index contributed by atoms with van der Waals surface area (Å²) >= 11 is 3.69. The molecule has 4 heteroatoms. The van der Waals surface area contributed by atoms with Crippen LogP contribution in [0, 0.1) is 0 Å². The first-order chi connectivity index (χ1) is 9.51. The van der Waals surface area contributed by atoms with Crippen molar-refractivity contribution >= 4 is 21.6 Å². The van der Waals surface area contributed by atoms with Gasteiger partial charge in [-0.1, -0.05) is 13.0 Å². The molecule has 2 unspecified atom stereocenters. The topological polar surface area (TPSA) is 24.5 Å². The number of likely N-dealkylation sites (N-methyl/N-ethyl adjacent to an activating group) is 1. The van der Waals surface area contributed by atoms with Gasteiger partial charge in [0.05, 0.1) is 12.3 Å². The molecule has 0 amide bonds. The fourth-order valence-corrected chi connectivity index (χ4v) is 2.82. The molecule has 0 bridgehead atoms. The molecule has 1 N–H and O–H groups in total. The highest BCUT2D eigenvalue weighted by molar-refractivity contribution is 9.10. The molecule has 0 fully saturated rings. The number of nitrogens with zero attached hydrogens (tertiary/aromatic N) is 1. The van der Waals surface area contributed by atoms with E-state index >= 15 is 0 Å². The summed E-state index contributed by atoms with van der Waals surface area (Å²) in [4.78, 5) is 2.24. The van der Waals surface area contributed by atoms with Gasteiger partial charge in [-0.25, -0.2) is 0 Å². The minimum atomic E-state index is 0.345. The minimum absolute atomic E-state index is 0.345. The number of methoxy groups -OCH3 is 1. The number of hydrogen-bond donors (Lipinski definition) is 1. The van der Waals surface area contributed by atoms with Crippen LogP contribution >= 0.6 is 15.9 Å². The van der Waals surface area contributed by atoms with E-state index in [9.17, 15) is 0 Å². The van der Waals surface area contributed by atoms with E-state index < -0.39 is 0 Å². The van der Waals surface area contributed by atoms with Crippen molar-refractivity contribution in [3.63, 3.8) is 0 Å². The van der Waals surface area contributed by atoms with Gasteiger partial charge in [-0.3, -0.25) is 0 Å². The van der Waals surface area contributed by atoms with Crippen LogP contribution in [0.2, 0.25) is 0 Å². The normalized spacial score (nSPS) is 14.1. The largest absolute Gasteiger partial charge is 0.383 e. The Morgan fingerprint density at radius 3 is 2.60 bits per heavy atom. The fourth-order valence-electron chi connectivity index (χ4n) is 2.15. The van der Waals surface area contributed by atoms with E-state index in [1.165, 1.54) is 11.3 Å². The van der Waals surface area contributed by atoms with Gasteiger partial charge in [-0.05, 0) is 60.4 Å². The smallest absolute Gasteiger partial charge is 0.0663 e. The van der Waals surface area contributed by atoms with Crippen molar-refractivity contribution in [2.24, 2.45) is 0 Å². The zero-order valence-electron chi connectivity index (χ0n) is 13.2. The van der Waals surface area contributed by atoms with Crippen molar-refractivity contribution in [2.45, 2.75) is 39.3 Å². The Balaban J connectivity index is 2.82. The molecule has 0 aliphatic heterocycles. The molecule has 1 aromatic rings. The van der Waals surface area contributed by atoms with Crippen molar-refractivity contribution in [3.05, 3.63) is 28.2 Å². The molecule has 3 nitrogen and oxygen atoms in total. The molecule has 0 aliphatic rings. The average molecular weight is 343 g/mol. The first-order valence-electron chi connectivity index (χ1n) is 7.25. The molecule has 0 aromatic heterocycles. The monoisotopic (exact) mass is 342 g/mol. The number of anilines is 1. The number of hydrogen-bond acceptors (Lipinski definition) is 3. The predicted octanol–water partition coefficient (Wildman–Crippen LogP) is 3.98.